The molecule has 0 saturated carbocycles. The van der Waals surface area contributed by atoms with Gasteiger partial charge >= 0.3 is 0 Å². The minimum absolute atomic E-state index is 0.00684. The second-order valence-electron chi connectivity index (χ2n) is 4.88. The van der Waals surface area contributed by atoms with E-state index in [0.29, 0.717) is 12.5 Å². The van der Waals surface area contributed by atoms with E-state index in [4.69, 9.17) is 0 Å². The van der Waals surface area contributed by atoms with Gasteiger partial charge in [0.2, 0.25) is 5.91 Å². The fraction of sp³-hybridized carbons (Fsp3) is 0.615. The SMILES string of the molecule is CC1CCCNC1C(=O)N(C)Cc1ccsc1. The second kappa shape index (κ2) is 5.65. The molecule has 0 aromatic carbocycles. The zero-order chi connectivity index (χ0) is 12.3. The molecule has 1 fully saturated rings. The maximum atomic E-state index is 12.3. The maximum Gasteiger partial charge on any atom is 0.240 e. The van der Waals surface area contributed by atoms with Crippen LogP contribution in [-0.2, 0) is 11.3 Å². The quantitative estimate of drug-likeness (QED) is 0.893. The predicted octanol–water partition coefficient (Wildman–Crippen LogP) is 2.09. The number of nitrogens with zero attached hydrogens (tertiary/aromatic N) is 1. The highest BCUT2D eigenvalue weighted by atomic mass is 32.1. The van der Waals surface area contributed by atoms with Crippen molar-refractivity contribution in [2.75, 3.05) is 13.6 Å². The minimum atomic E-state index is 0.00684. The molecular weight excluding hydrogens is 232 g/mol. The fourth-order valence-electron chi connectivity index (χ4n) is 2.35. The molecule has 1 aliphatic heterocycles. The van der Waals surface area contributed by atoms with Gasteiger partial charge in [0.15, 0.2) is 0 Å². The lowest BCUT2D eigenvalue weighted by Gasteiger charge is -2.32. The molecule has 1 aromatic rings. The molecular formula is C13H20N2OS. The van der Waals surface area contributed by atoms with Crippen molar-refractivity contribution in [3.8, 4) is 0 Å². The number of likely N-dealkylation sites (N-methyl/N-ethyl adjacent to an activating group) is 1. The highest BCUT2D eigenvalue weighted by Crippen LogP contribution is 2.18. The van der Waals surface area contributed by atoms with Gasteiger partial charge in [0.1, 0.15) is 0 Å². The number of hydrogen-bond donors (Lipinski definition) is 1. The van der Waals surface area contributed by atoms with Crippen molar-refractivity contribution < 1.29 is 4.79 Å². The fourth-order valence-corrected chi connectivity index (χ4v) is 3.01. The molecule has 1 N–H and O–H groups in total. The smallest absolute Gasteiger partial charge is 0.240 e. The summed E-state index contributed by atoms with van der Waals surface area (Å²) in [4.78, 5) is 14.1. The maximum absolute atomic E-state index is 12.3. The number of nitrogens with one attached hydrogen (secondary N) is 1. The minimum Gasteiger partial charge on any atom is -0.340 e. The number of carbonyl (C=O) groups excluding carboxylic acids is 1. The monoisotopic (exact) mass is 252 g/mol. The van der Waals surface area contributed by atoms with Crippen LogP contribution in [0.4, 0.5) is 0 Å². The van der Waals surface area contributed by atoms with Gasteiger partial charge in [-0.3, -0.25) is 4.79 Å². The van der Waals surface area contributed by atoms with E-state index < -0.39 is 0 Å². The summed E-state index contributed by atoms with van der Waals surface area (Å²) in [7, 11) is 1.89. The Morgan fingerprint density at radius 3 is 3.12 bits per heavy atom. The third-order valence-electron chi connectivity index (χ3n) is 3.41. The van der Waals surface area contributed by atoms with Crippen LogP contribution in [0.15, 0.2) is 16.8 Å². The summed E-state index contributed by atoms with van der Waals surface area (Å²) in [6.07, 6.45) is 2.33. The van der Waals surface area contributed by atoms with Crippen molar-refractivity contribution in [3.05, 3.63) is 22.4 Å². The van der Waals surface area contributed by atoms with Gasteiger partial charge in [0, 0.05) is 13.6 Å². The molecule has 1 aromatic heterocycles. The lowest BCUT2D eigenvalue weighted by molar-refractivity contribution is -0.134. The Hall–Kier alpha value is -0.870. The Labute approximate surface area is 107 Å². The standard InChI is InChI=1S/C13H20N2OS/c1-10-4-3-6-14-12(10)13(16)15(2)8-11-5-7-17-9-11/h5,7,9-10,12,14H,3-4,6,8H2,1-2H3. The largest absolute Gasteiger partial charge is 0.340 e. The van der Waals surface area contributed by atoms with Crippen molar-refractivity contribution in [2.24, 2.45) is 5.92 Å². The normalized spacial score (nSPS) is 24.6. The summed E-state index contributed by atoms with van der Waals surface area (Å²) in [6, 6.07) is 2.08. The lowest BCUT2D eigenvalue weighted by atomic mass is 9.92. The second-order valence-corrected chi connectivity index (χ2v) is 5.66. The number of hydrogen-bond acceptors (Lipinski definition) is 3. The van der Waals surface area contributed by atoms with Gasteiger partial charge in [-0.1, -0.05) is 6.92 Å². The number of rotatable bonds is 3. The Balaban J connectivity index is 1.94. The van der Waals surface area contributed by atoms with E-state index in [1.54, 1.807) is 11.3 Å². The molecule has 0 aliphatic carbocycles. The topological polar surface area (TPSA) is 32.3 Å². The summed E-state index contributed by atoms with van der Waals surface area (Å²) in [5, 5.41) is 7.49. The van der Waals surface area contributed by atoms with Crippen LogP contribution in [0.1, 0.15) is 25.3 Å². The van der Waals surface area contributed by atoms with Crippen LogP contribution in [0.25, 0.3) is 0 Å². The molecule has 2 unspecified atom stereocenters. The van der Waals surface area contributed by atoms with Gasteiger partial charge in [-0.05, 0) is 47.7 Å². The molecule has 1 saturated heterocycles. The molecule has 2 atom stereocenters. The molecule has 0 spiro atoms. The summed E-state index contributed by atoms with van der Waals surface area (Å²) >= 11 is 1.68. The van der Waals surface area contributed by atoms with Crippen LogP contribution in [0.3, 0.4) is 0 Å². The van der Waals surface area contributed by atoms with E-state index in [2.05, 4.69) is 29.1 Å². The Morgan fingerprint density at radius 2 is 2.47 bits per heavy atom. The zero-order valence-corrected chi connectivity index (χ0v) is 11.3. The van der Waals surface area contributed by atoms with E-state index in [1.807, 2.05) is 11.9 Å². The van der Waals surface area contributed by atoms with Crippen molar-refractivity contribution in [1.82, 2.24) is 10.2 Å². The number of carbonyl (C=O) groups is 1. The first-order valence-corrected chi connectivity index (χ1v) is 7.12. The average Bonchev–Trinajstić information content (AvgIpc) is 2.81. The van der Waals surface area contributed by atoms with Crippen LogP contribution >= 0.6 is 11.3 Å². The highest BCUT2D eigenvalue weighted by molar-refractivity contribution is 7.07. The molecule has 0 radical (unpaired) electrons. The molecule has 2 rings (SSSR count). The molecule has 1 aliphatic rings. The Bertz CT molecular complexity index is 364. The Kier molecular flexibility index (Phi) is 4.18. The molecule has 17 heavy (non-hydrogen) atoms. The van der Waals surface area contributed by atoms with E-state index in [-0.39, 0.29) is 11.9 Å². The van der Waals surface area contributed by atoms with Crippen molar-refractivity contribution in [3.63, 3.8) is 0 Å². The van der Waals surface area contributed by atoms with Gasteiger partial charge in [0.05, 0.1) is 6.04 Å². The summed E-state index contributed by atoms with van der Waals surface area (Å²) in [5.41, 5.74) is 1.22. The van der Waals surface area contributed by atoms with Crippen LogP contribution in [-0.4, -0.2) is 30.4 Å². The summed E-state index contributed by atoms with van der Waals surface area (Å²) in [5.74, 6) is 0.671. The Morgan fingerprint density at radius 1 is 1.65 bits per heavy atom. The van der Waals surface area contributed by atoms with Gasteiger partial charge in [-0.2, -0.15) is 11.3 Å². The van der Waals surface area contributed by atoms with Crippen molar-refractivity contribution in [1.29, 1.82) is 0 Å². The predicted molar refractivity (Wildman–Crippen MR) is 71.0 cm³/mol. The third kappa shape index (κ3) is 3.07. The van der Waals surface area contributed by atoms with Gasteiger partial charge in [-0.15, -0.1) is 0 Å². The number of thiophene rings is 1. The summed E-state index contributed by atoms with van der Waals surface area (Å²) in [6.45, 7) is 3.84. The zero-order valence-electron chi connectivity index (χ0n) is 10.5. The molecule has 3 nitrogen and oxygen atoms in total. The van der Waals surface area contributed by atoms with Gasteiger partial charge in [0.25, 0.3) is 0 Å². The molecule has 2 heterocycles. The first-order valence-electron chi connectivity index (χ1n) is 6.18. The highest BCUT2D eigenvalue weighted by Gasteiger charge is 2.29. The first-order chi connectivity index (χ1) is 8.18. The number of amides is 1. The van der Waals surface area contributed by atoms with Crippen molar-refractivity contribution in [2.45, 2.75) is 32.4 Å². The number of piperidine rings is 1. The van der Waals surface area contributed by atoms with Gasteiger partial charge < -0.3 is 10.2 Å². The first kappa shape index (κ1) is 12.6. The van der Waals surface area contributed by atoms with Crippen LogP contribution in [0, 0.1) is 5.92 Å². The van der Waals surface area contributed by atoms with E-state index in [0.717, 1.165) is 13.0 Å². The molecule has 1 amide bonds. The van der Waals surface area contributed by atoms with E-state index >= 15 is 0 Å². The molecule has 94 valence electrons. The molecule has 0 bridgehead atoms. The average molecular weight is 252 g/mol. The van der Waals surface area contributed by atoms with E-state index in [9.17, 15) is 4.79 Å². The van der Waals surface area contributed by atoms with Gasteiger partial charge in [-0.25, -0.2) is 0 Å². The van der Waals surface area contributed by atoms with Crippen LogP contribution in [0.5, 0.6) is 0 Å². The van der Waals surface area contributed by atoms with Crippen LogP contribution in [0.2, 0.25) is 0 Å². The summed E-state index contributed by atoms with van der Waals surface area (Å²) < 4.78 is 0. The molecule has 4 heteroatoms. The van der Waals surface area contributed by atoms with Crippen molar-refractivity contribution >= 4 is 17.2 Å². The lowest BCUT2D eigenvalue weighted by Crippen LogP contribution is -2.51. The third-order valence-corrected chi connectivity index (χ3v) is 4.14. The van der Waals surface area contributed by atoms with Crippen LogP contribution < -0.4 is 5.32 Å². The van der Waals surface area contributed by atoms with E-state index in [1.165, 1.54) is 12.0 Å².